The van der Waals surface area contributed by atoms with Gasteiger partial charge in [0.15, 0.2) is 6.61 Å². The first-order valence-electron chi connectivity index (χ1n) is 10.3. The highest BCUT2D eigenvalue weighted by Crippen LogP contribution is 2.18. The quantitative estimate of drug-likeness (QED) is 0.646. The fourth-order valence-corrected chi connectivity index (χ4v) is 3.20. The van der Waals surface area contributed by atoms with E-state index in [2.05, 4.69) is 5.32 Å². The first kappa shape index (κ1) is 23.3. The smallest absolute Gasteiger partial charge is 0.261 e. The Morgan fingerprint density at radius 1 is 1.07 bits per heavy atom. The van der Waals surface area contributed by atoms with Gasteiger partial charge in [0.2, 0.25) is 5.91 Å². The molecule has 6 heteroatoms. The molecule has 0 aliphatic carbocycles. The second kappa shape index (κ2) is 11.2. The summed E-state index contributed by atoms with van der Waals surface area (Å²) in [6.07, 6.45) is 0.499. The maximum Gasteiger partial charge on any atom is 0.261 e. The number of rotatable bonds is 10. The predicted octanol–water partition coefficient (Wildman–Crippen LogP) is 3.71. The zero-order valence-corrected chi connectivity index (χ0v) is 18.5. The SMILES string of the molecule is CCC(C(=O)NC(C)C)N(Cc1cccc(OC)c1)C(=O)COc1cccc(C)c1. The molecule has 0 heterocycles. The highest BCUT2D eigenvalue weighted by Gasteiger charge is 2.29. The first-order valence-corrected chi connectivity index (χ1v) is 10.3. The number of carbonyl (C=O) groups is 2. The molecule has 0 radical (unpaired) electrons. The molecule has 1 unspecified atom stereocenters. The summed E-state index contributed by atoms with van der Waals surface area (Å²) in [5, 5.41) is 2.92. The van der Waals surface area contributed by atoms with Crippen molar-refractivity contribution in [3.8, 4) is 11.5 Å². The van der Waals surface area contributed by atoms with Gasteiger partial charge in [-0.2, -0.15) is 0 Å². The van der Waals surface area contributed by atoms with E-state index in [1.807, 2.05) is 76.2 Å². The number of benzene rings is 2. The third-order valence-corrected chi connectivity index (χ3v) is 4.66. The molecule has 0 aliphatic rings. The van der Waals surface area contributed by atoms with Crippen molar-refractivity contribution in [2.75, 3.05) is 13.7 Å². The Hall–Kier alpha value is -3.02. The van der Waals surface area contributed by atoms with Crippen LogP contribution in [0.2, 0.25) is 0 Å². The molecule has 1 atom stereocenters. The lowest BCUT2D eigenvalue weighted by molar-refractivity contribution is -0.143. The average Bonchev–Trinajstić information content (AvgIpc) is 2.71. The molecule has 30 heavy (non-hydrogen) atoms. The van der Waals surface area contributed by atoms with Crippen molar-refractivity contribution in [1.82, 2.24) is 10.2 Å². The molecule has 0 spiro atoms. The van der Waals surface area contributed by atoms with Crippen molar-refractivity contribution in [2.24, 2.45) is 0 Å². The second-order valence-electron chi connectivity index (χ2n) is 7.57. The Balaban J connectivity index is 2.23. The van der Waals surface area contributed by atoms with Crippen LogP contribution < -0.4 is 14.8 Å². The van der Waals surface area contributed by atoms with Gasteiger partial charge in [0.25, 0.3) is 5.91 Å². The number of nitrogens with zero attached hydrogens (tertiary/aromatic N) is 1. The average molecular weight is 413 g/mol. The molecule has 0 aromatic heterocycles. The highest BCUT2D eigenvalue weighted by atomic mass is 16.5. The summed E-state index contributed by atoms with van der Waals surface area (Å²) >= 11 is 0. The van der Waals surface area contributed by atoms with Crippen LogP contribution in [-0.4, -0.2) is 42.5 Å². The third kappa shape index (κ3) is 6.79. The standard InChI is InChI=1S/C24H32N2O4/c1-6-22(24(28)25-17(2)3)26(15-19-10-8-11-20(14-19)29-5)23(27)16-30-21-12-7-9-18(4)13-21/h7-14,17,22H,6,15-16H2,1-5H3,(H,25,28). The molecule has 0 bridgehead atoms. The molecule has 0 aliphatic heterocycles. The molecule has 2 aromatic rings. The van der Waals surface area contributed by atoms with Gasteiger partial charge in [-0.05, 0) is 62.6 Å². The van der Waals surface area contributed by atoms with E-state index < -0.39 is 6.04 Å². The normalized spacial score (nSPS) is 11.7. The zero-order valence-electron chi connectivity index (χ0n) is 18.5. The molecule has 162 valence electrons. The van der Waals surface area contributed by atoms with E-state index in [4.69, 9.17) is 9.47 Å². The van der Waals surface area contributed by atoms with Crippen molar-refractivity contribution in [3.05, 3.63) is 59.7 Å². The van der Waals surface area contributed by atoms with Gasteiger partial charge in [0, 0.05) is 12.6 Å². The maximum atomic E-state index is 13.1. The lowest BCUT2D eigenvalue weighted by Gasteiger charge is -2.31. The van der Waals surface area contributed by atoms with E-state index in [1.54, 1.807) is 12.0 Å². The molecule has 2 amide bonds. The van der Waals surface area contributed by atoms with Gasteiger partial charge in [-0.15, -0.1) is 0 Å². The molecular weight excluding hydrogens is 380 g/mol. The fraction of sp³-hybridized carbons (Fsp3) is 0.417. The molecule has 0 fully saturated rings. The summed E-state index contributed by atoms with van der Waals surface area (Å²) in [5.74, 6) is 0.921. The molecule has 2 rings (SSSR count). The molecule has 0 saturated heterocycles. The van der Waals surface area contributed by atoms with E-state index >= 15 is 0 Å². The summed E-state index contributed by atoms with van der Waals surface area (Å²) in [5.41, 5.74) is 1.94. The molecule has 6 nitrogen and oxygen atoms in total. The van der Waals surface area contributed by atoms with Gasteiger partial charge in [-0.25, -0.2) is 0 Å². The summed E-state index contributed by atoms with van der Waals surface area (Å²) in [7, 11) is 1.60. The Labute approximate surface area is 179 Å². The Kier molecular flexibility index (Phi) is 8.71. The summed E-state index contributed by atoms with van der Waals surface area (Å²) in [6.45, 7) is 7.82. The number of hydrogen-bond donors (Lipinski definition) is 1. The van der Waals surface area contributed by atoms with E-state index in [0.717, 1.165) is 11.1 Å². The van der Waals surface area contributed by atoms with Gasteiger partial charge in [-0.1, -0.05) is 31.2 Å². The van der Waals surface area contributed by atoms with E-state index in [9.17, 15) is 9.59 Å². The van der Waals surface area contributed by atoms with Crippen LogP contribution >= 0.6 is 0 Å². The van der Waals surface area contributed by atoms with Crippen molar-refractivity contribution < 1.29 is 19.1 Å². The number of ether oxygens (including phenoxy) is 2. The van der Waals surface area contributed by atoms with Gasteiger partial charge < -0.3 is 19.7 Å². The molecular formula is C24H32N2O4. The summed E-state index contributed by atoms with van der Waals surface area (Å²) < 4.78 is 11.0. The van der Waals surface area contributed by atoms with E-state index in [-0.39, 0.29) is 31.0 Å². The number of nitrogens with one attached hydrogen (secondary N) is 1. The number of amides is 2. The van der Waals surface area contributed by atoms with Gasteiger partial charge in [0.05, 0.1) is 7.11 Å². The van der Waals surface area contributed by atoms with Crippen LogP contribution in [0.15, 0.2) is 48.5 Å². The van der Waals surface area contributed by atoms with Gasteiger partial charge >= 0.3 is 0 Å². The van der Waals surface area contributed by atoms with E-state index in [0.29, 0.717) is 17.9 Å². The minimum absolute atomic E-state index is 0.0103. The third-order valence-electron chi connectivity index (χ3n) is 4.66. The molecule has 2 aromatic carbocycles. The topological polar surface area (TPSA) is 67.9 Å². The Bertz CT molecular complexity index is 851. The Morgan fingerprint density at radius 3 is 2.40 bits per heavy atom. The summed E-state index contributed by atoms with van der Waals surface area (Å²) in [4.78, 5) is 27.5. The predicted molar refractivity (Wildman–Crippen MR) is 118 cm³/mol. The summed E-state index contributed by atoms with van der Waals surface area (Å²) in [6, 6.07) is 14.4. The van der Waals surface area contributed by atoms with Crippen LogP contribution in [0, 0.1) is 6.92 Å². The first-order chi connectivity index (χ1) is 14.3. The Morgan fingerprint density at radius 2 is 1.77 bits per heavy atom. The van der Waals surface area contributed by atoms with Crippen LogP contribution in [0.3, 0.4) is 0 Å². The molecule has 0 saturated carbocycles. The fourth-order valence-electron chi connectivity index (χ4n) is 3.20. The zero-order chi connectivity index (χ0) is 22.1. The number of hydrogen-bond acceptors (Lipinski definition) is 4. The van der Waals surface area contributed by atoms with Crippen LogP contribution in [0.5, 0.6) is 11.5 Å². The molecule has 1 N–H and O–H groups in total. The lowest BCUT2D eigenvalue weighted by atomic mass is 10.1. The van der Waals surface area contributed by atoms with Crippen LogP contribution in [0.4, 0.5) is 0 Å². The number of carbonyl (C=O) groups excluding carboxylic acids is 2. The van der Waals surface area contributed by atoms with Crippen molar-refractivity contribution in [1.29, 1.82) is 0 Å². The van der Waals surface area contributed by atoms with E-state index in [1.165, 1.54) is 0 Å². The van der Waals surface area contributed by atoms with Gasteiger partial charge in [-0.3, -0.25) is 9.59 Å². The van der Waals surface area contributed by atoms with Crippen LogP contribution in [0.25, 0.3) is 0 Å². The van der Waals surface area contributed by atoms with Crippen LogP contribution in [-0.2, 0) is 16.1 Å². The lowest BCUT2D eigenvalue weighted by Crippen LogP contribution is -2.51. The van der Waals surface area contributed by atoms with Crippen LogP contribution in [0.1, 0.15) is 38.3 Å². The van der Waals surface area contributed by atoms with Crippen molar-refractivity contribution >= 4 is 11.8 Å². The van der Waals surface area contributed by atoms with Crippen molar-refractivity contribution in [3.63, 3.8) is 0 Å². The minimum atomic E-state index is -0.591. The minimum Gasteiger partial charge on any atom is -0.497 e. The monoisotopic (exact) mass is 412 g/mol. The van der Waals surface area contributed by atoms with Crippen molar-refractivity contribution in [2.45, 2.75) is 52.7 Å². The van der Waals surface area contributed by atoms with Gasteiger partial charge in [0.1, 0.15) is 17.5 Å². The largest absolute Gasteiger partial charge is 0.497 e. The maximum absolute atomic E-state index is 13.1. The number of methoxy groups -OCH3 is 1. The number of aryl methyl sites for hydroxylation is 1. The second-order valence-corrected chi connectivity index (χ2v) is 7.57. The highest BCUT2D eigenvalue weighted by molar-refractivity contribution is 5.88.